The second-order valence-electron chi connectivity index (χ2n) is 4.63. The van der Waals surface area contributed by atoms with Crippen LogP contribution in [-0.2, 0) is 11.8 Å². The van der Waals surface area contributed by atoms with E-state index in [-0.39, 0.29) is 5.41 Å². The van der Waals surface area contributed by atoms with E-state index in [9.17, 15) is 0 Å². The van der Waals surface area contributed by atoms with Gasteiger partial charge in [0.05, 0.1) is 6.61 Å². The van der Waals surface area contributed by atoms with Gasteiger partial charge in [-0.15, -0.1) is 0 Å². The molecule has 1 aromatic carbocycles. The molecule has 1 heteroatoms. The summed E-state index contributed by atoms with van der Waals surface area (Å²) >= 11 is 0. The summed E-state index contributed by atoms with van der Waals surface area (Å²) in [5.41, 5.74) is 2.98. The summed E-state index contributed by atoms with van der Waals surface area (Å²) < 4.78 is 5.72. The Morgan fingerprint density at radius 2 is 2.14 bits per heavy atom. The van der Waals surface area contributed by atoms with Crippen LogP contribution in [-0.4, -0.2) is 6.61 Å². The van der Waals surface area contributed by atoms with Gasteiger partial charge in [-0.1, -0.05) is 39.0 Å². The van der Waals surface area contributed by atoms with E-state index in [2.05, 4.69) is 39.0 Å². The molecule has 0 saturated heterocycles. The second-order valence-corrected chi connectivity index (χ2v) is 4.63. The average Bonchev–Trinajstić information content (AvgIpc) is 2.64. The second kappa shape index (κ2) is 3.30. The summed E-state index contributed by atoms with van der Waals surface area (Å²) in [4.78, 5) is 0. The predicted octanol–water partition coefficient (Wildman–Crippen LogP) is 3.31. The van der Waals surface area contributed by atoms with Crippen molar-refractivity contribution in [1.82, 2.24) is 0 Å². The summed E-state index contributed by atoms with van der Waals surface area (Å²) in [7, 11) is 0. The van der Waals surface area contributed by atoms with Gasteiger partial charge >= 0.3 is 0 Å². The standard InChI is InChI=1S/C13H18O/c1-4-13(2,3)11-7-5-6-10-8-9-14-12(10)11/h5-7H,4,8-9H2,1-3H3. The maximum absolute atomic E-state index is 5.72. The van der Waals surface area contributed by atoms with Crippen LogP contribution in [0.1, 0.15) is 38.3 Å². The Morgan fingerprint density at radius 1 is 1.36 bits per heavy atom. The normalized spacial score (nSPS) is 15.1. The van der Waals surface area contributed by atoms with Crippen LogP contribution < -0.4 is 4.74 Å². The molecule has 2 rings (SSSR count). The first-order valence-corrected chi connectivity index (χ1v) is 5.40. The predicted molar refractivity (Wildman–Crippen MR) is 59.0 cm³/mol. The van der Waals surface area contributed by atoms with E-state index < -0.39 is 0 Å². The average molecular weight is 190 g/mol. The van der Waals surface area contributed by atoms with Gasteiger partial charge in [0, 0.05) is 12.0 Å². The molecule has 0 saturated carbocycles. The number of rotatable bonds is 2. The summed E-state index contributed by atoms with van der Waals surface area (Å²) in [5.74, 6) is 1.15. The van der Waals surface area contributed by atoms with E-state index in [0.717, 1.165) is 25.2 Å². The smallest absolute Gasteiger partial charge is 0.126 e. The summed E-state index contributed by atoms with van der Waals surface area (Å²) in [5, 5.41) is 0. The van der Waals surface area contributed by atoms with Gasteiger partial charge in [-0.2, -0.15) is 0 Å². The maximum atomic E-state index is 5.72. The zero-order valence-electron chi connectivity index (χ0n) is 9.26. The Kier molecular flexibility index (Phi) is 2.26. The fourth-order valence-corrected chi connectivity index (χ4v) is 1.94. The number of benzene rings is 1. The summed E-state index contributed by atoms with van der Waals surface area (Å²) in [6.07, 6.45) is 2.22. The van der Waals surface area contributed by atoms with E-state index in [1.165, 1.54) is 11.1 Å². The first-order chi connectivity index (χ1) is 6.65. The van der Waals surface area contributed by atoms with Gasteiger partial charge < -0.3 is 4.74 Å². The molecular formula is C13H18O. The Labute approximate surface area is 86.1 Å². The third-order valence-corrected chi connectivity index (χ3v) is 3.33. The lowest BCUT2D eigenvalue weighted by molar-refractivity contribution is 0.343. The highest BCUT2D eigenvalue weighted by atomic mass is 16.5. The van der Waals surface area contributed by atoms with Crippen LogP contribution in [0.25, 0.3) is 0 Å². The number of para-hydroxylation sites is 1. The first-order valence-electron chi connectivity index (χ1n) is 5.40. The van der Waals surface area contributed by atoms with E-state index in [1.54, 1.807) is 0 Å². The van der Waals surface area contributed by atoms with Crippen molar-refractivity contribution < 1.29 is 4.74 Å². The topological polar surface area (TPSA) is 9.23 Å². The molecule has 1 aliphatic heterocycles. The fraction of sp³-hybridized carbons (Fsp3) is 0.538. The van der Waals surface area contributed by atoms with E-state index in [1.807, 2.05) is 0 Å². The van der Waals surface area contributed by atoms with Crippen molar-refractivity contribution in [3.63, 3.8) is 0 Å². The van der Waals surface area contributed by atoms with Gasteiger partial charge in [-0.25, -0.2) is 0 Å². The molecule has 1 heterocycles. The highest BCUT2D eigenvalue weighted by molar-refractivity contribution is 5.47. The molecule has 1 aliphatic rings. The third-order valence-electron chi connectivity index (χ3n) is 3.33. The van der Waals surface area contributed by atoms with Crippen molar-refractivity contribution >= 4 is 0 Å². The van der Waals surface area contributed by atoms with Crippen LogP contribution >= 0.6 is 0 Å². The number of fused-ring (bicyclic) bond motifs is 1. The largest absolute Gasteiger partial charge is 0.493 e. The van der Waals surface area contributed by atoms with Gasteiger partial charge in [-0.05, 0) is 17.4 Å². The van der Waals surface area contributed by atoms with E-state index in [0.29, 0.717) is 0 Å². The van der Waals surface area contributed by atoms with E-state index >= 15 is 0 Å². The number of hydrogen-bond acceptors (Lipinski definition) is 1. The van der Waals surface area contributed by atoms with E-state index in [4.69, 9.17) is 4.74 Å². The molecule has 0 atom stereocenters. The molecule has 0 amide bonds. The van der Waals surface area contributed by atoms with Crippen LogP contribution in [0.4, 0.5) is 0 Å². The summed E-state index contributed by atoms with van der Waals surface area (Å²) in [6, 6.07) is 6.53. The van der Waals surface area contributed by atoms with Crippen LogP contribution in [0, 0.1) is 0 Å². The third kappa shape index (κ3) is 1.41. The van der Waals surface area contributed by atoms with Crippen molar-refractivity contribution in [2.24, 2.45) is 0 Å². The molecule has 0 bridgehead atoms. The van der Waals surface area contributed by atoms with Crippen molar-refractivity contribution in [1.29, 1.82) is 0 Å². The zero-order valence-corrected chi connectivity index (χ0v) is 9.26. The Morgan fingerprint density at radius 3 is 2.86 bits per heavy atom. The molecule has 0 radical (unpaired) electrons. The SMILES string of the molecule is CCC(C)(C)c1cccc2c1OCC2. The minimum atomic E-state index is 0.232. The lowest BCUT2D eigenvalue weighted by atomic mass is 9.81. The Bertz CT molecular complexity index is 339. The number of hydrogen-bond donors (Lipinski definition) is 0. The van der Waals surface area contributed by atoms with Crippen molar-refractivity contribution in [2.75, 3.05) is 6.61 Å². The molecule has 0 spiro atoms. The first kappa shape index (κ1) is 9.57. The molecule has 14 heavy (non-hydrogen) atoms. The lowest BCUT2D eigenvalue weighted by Gasteiger charge is -2.25. The number of ether oxygens (including phenoxy) is 1. The molecule has 1 nitrogen and oxygen atoms in total. The van der Waals surface area contributed by atoms with Crippen molar-refractivity contribution in [3.05, 3.63) is 29.3 Å². The fourth-order valence-electron chi connectivity index (χ4n) is 1.94. The van der Waals surface area contributed by atoms with Gasteiger partial charge in [-0.3, -0.25) is 0 Å². The lowest BCUT2D eigenvalue weighted by Crippen LogP contribution is -2.16. The Balaban J connectivity index is 2.49. The molecular weight excluding hydrogens is 172 g/mol. The maximum Gasteiger partial charge on any atom is 0.126 e. The molecule has 1 aromatic rings. The van der Waals surface area contributed by atoms with Gasteiger partial charge in [0.15, 0.2) is 0 Å². The molecule has 0 N–H and O–H groups in total. The van der Waals surface area contributed by atoms with Gasteiger partial charge in [0.1, 0.15) is 5.75 Å². The molecule has 0 aliphatic carbocycles. The Hall–Kier alpha value is -0.980. The van der Waals surface area contributed by atoms with Gasteiger partial charge in [0.25, 0.3) is 0 Å². The summed E-state index contributed by atoms with van der Waals surface area (Å²) in [6.45, 7) is 7.65. The monoisotopic (exact) mass is 190 g/mol. The molecule has 0 unspecified atom stereocenters. The van der Waals surface area contributed by atoms with Crippen LogP contribution in [0.3, 0.4) is 0 Å². The minimum Gasteiger partial charge on any atom is -0.493 e. The molecule has 0 aromatic heterocycles. The van der Waals surface area contributed by atoms with Gasteiger partial charge in [0.2, 0.25) is 0 Å². The van der Waals surface area contributed by atoms with Crippen LogP contribution in [0.15, 0.2) is 18.2 Å². The molecule has 76 valence electrons. The van der Waals surface area contributed by atoms with Crippen molar-refractivity contribution in [3.8, 4) is 5.75 Å². The van der Waals surface area contributed by atoms with Crippen molar-refractivity contribution in [2.45, 2.75) is 39.0 Å². The highest BCUT2D eigenvalue weighted by Crippen LogP contribution is 2.38. The molecule has 0 fully saturated rings. The zero-order chi connectivity index (χ0) is 10.2. The van der Waals surface area contributed by atoms with Crippen LogP contribution in [0.5, 0.6) is 5.75 Å². The highest BCUT2D eigenvalue weighted by Gasteiger charge is 2.26. The minimum absolute atomic E-state index is 0.232. The quantitative estimate of drug-likeness (QED) is 0.695. The van der Waals surface area contributed by atoms with Crippen LogP contribution in [0.2, 0.25) is 0 Å².